The Labute approximate surface area is 153 Å². The number of benzene rings is 1. The number of nitrogens with zero attached hydrogens (tertiary/aromatic N) is 2. The summed E-state index contributed by atoms with van der Waals surface area (Å²) < 4.78 is 16.5. The van der Waals surface area contributed by atoms with Crippen molar-refractivity contribution in [2.45, 2.75) is 6.42 Å². The van der Waals surface area contributed by atoms with Gasteiger partial charge < -0.3 is 13.9 Å². The van der Waals surface area contributed by atoms with Crippen LogP contribution in [-0.2, 0) is 11.2 Å². The van der Waals surface area contributed by atoms with E-state index < -0.39 is 0 Å². The van der Waals surface area contributed by atoms with Crippen LogP contribution in [0.4, 0.5) is 6.01 Å². The lowest BCUT2D eigenvalue weighted by Gasteiger charge is -2.18. The minimum atomic E-state index is -0.326. The van der Waals surface area contributed by atoms with Gasteiger partial charge in [-0.25, -0.2) is 0 Å². The molecule has 7 nitrogen and oxygen atoms in total. The van der Waals surface area contributed by atoms with Gasteiger partial charge in [-0.05, 0) is 35.2 Å². The Morgan fingerprint density at radius 2 is 2.08 bits per heavy atom. The molecule has 132 valence electrons. The Balaban J connectivity index is 1.38. The van der Waals surface area contributed by atoms with E-state index in [1.807, 2.05) is 35.7 Å². The van der Waals surface area contributed by atoms with Crippen LogP contribution in [0.1, 0.15) is 16.3 Å². The molecule has 0 spiro atoms. The molecule has 1 amide bonds. The summed E-state index contributed by atoms with van der Waals surface area (Å²) >= 11 is 1.55. The monoisotopic (exact) mass is 369 g/mol. The summed E-state index contributed by atoms with van der Waals surface area (Å²) in [6, 6.07) is 9.58. The van der Waals surface area contributed by atoms with Gasteiger partial charge in [0.25, 0.3) is 5.91 Å². The number of nitrogens with one attached hydrogen (secondary N) is 1. The fourth-order valence-corrected chi connectivity index (χ4v) is 3.06. The van der Waals surface area contributed by atoms with Gasteiger partial charge in [-0.2, -0.15) is 0 Å². The minimum absolute atomic E-state index is 0.0679. The lowest BCUT2D eigenvalue weighted by molar-refractivity contribution is -0.112. The first kappa shape index (κ1) is 16.3. The quantitative estimate of drug-likeness (QED) is 0.695. The van der Waals surface area contributed by atoms with Crippen LogP contribution in [-0.4, -0.2) is 29.3 Å². The molecule has 0 saturated carbocycles. The molecule has 0 atom stereocenters. The Morgan fingerprint density at radius 1 is 1.19 bits per heavy atom. The van der Waals surface area contributed by atoms with Crippen LogP contribution in [0.2, 0.25) is 0 Å². The fraction of sp³-hybridized carbons (Fsp3) is 0.167. The molecule has 0 unspecified atom stereocenters. The van der Waals surface area contributed by atoms with Crippen LogP contribution in [0.3, 0.4) is 0 Å². The molecular formula is C18H15N3O4S. The topological polar surface area (TPSA) is 86.5 Å². The number of thiophene rings is 1. The Morgan fingerprint density at radius 3 is 2.92 bits per heavy atom. The van der Waals surface area contributed by atoms with Gasteiger partial charge >= 0.3 is 6.01 Å². The lowest BCUT2D eigenvalue weighted by Crippen LogP contribution is -2.15. The Bertz CT molecular complexity index is 934. The Hall–Kier alpha value is -3.13. The third-order valence-electron chi connectivity index (χ3n) is 3.60. The van der Waals surface area contributed by atoms with Gasteiger partial charge in [-0.15, -0.1) is 16.4 Å². The summed E-state index contributed by atoms with van der Waals surface area (Å²) in [5, 5.41) is 12.3. The molecule has 0 radical (unpaired) electrons. The van der Waals surface area contributed by atoms with Crippen LogP contribution < -0.4 is 14.8 Å². The van der Waals surface area contributed by atoms with Crippen molar-refractivity contribution in [2.75, 3.05) is 18.5 Å². The number of fused-ring (bicyclic) bond motifs is 1. The minimum Gasteiger partial charge on any atom is -0.486 e. The van der Waals surface area contributed by atoms with Crippen molar-refractivity contribution in [3.05, 3.63) is 58.1 Å². The second-order valence-electron chi connectivity index (χ2n) is 5.49. The van der Waals surface area contributed by atoms with Gasteiger partial charge in [0.1, 0.15) is 13.2 Å². The van der Waals surface area contributed by atoms with Crippen LogP contribution in [0.25, 0.3) is 6.08 Å². The molecule has 1 N–H and O–H groups in total. The van der Waals surface area contributed by atoms with Crippen molar-refractivity contribution in [1.82, 2.24) is 10.2 Å². The molecule has 0 aliphatic carbocycles. The fourth-order valence-electron chi connectivity index (χ4n) is 2.44. The van der Waals surface area contributed by atoms with E-state index in [9.17, 15) is 4.79 Å². The SMILES string of the molecule is O=C(C=Cc1cccs1)Nc1nnc(Cc2ccc3c(c2)OCCO3)o1. The van der Waals surface area contributed by atoms with Gasteiger partial charge in [0, 0.05) is 11.0 Å². The molecule has 8 heteroatoms. The van der Waals surface area contributed by atoms with Crippen molar-refractivity contribution in [2.24, 2.45) is 0 Å². The third-order valence-corrected chi connectivity index (χ3v) is 4.44. The van der Waals surface area contributed by atoms with Gasteiger partial charge in [-0.1, -0.05) is 17.2 Å². The highest BCUT2D eigenvalue weighted by Gasteiger charge is 2.14. The predicted molar refractivity (Wildman–Crippen MR) is 96.5 cm³/mol. The lowest BCUT2D eigenvalue weighted by atomic mass is 10.1. The smallest absolute Gasteiger partial charge is 0.322 e. The molecule has 1 aliphatic rings. The van der Waals surface area contributed by atoms with Crippen molar-refractivity contribution in [3.8, 4) is 11.5 Å². The van der Waals surface area contributed by atoms with E-state index in [0.29, 0.717) is 31.3 Å². The second-order valence-corrected chi connectivity index (χ2v) is 6.47. The van der Waals surface area contributed by atoms with E-state index in [0.717, 1.165) is 16.2 Å². The van der Waals surface area contributed by atoms with E-state index in [4.69, 9.17) is 13.9 Å². The standard InChI is InChI=1S/C18H15N3O4S/c22-16(6-4-13-2-1-9-26-13)19-18-21-20-17(25-18)11-12-3-5-14-15(10-12)24-8-7-23-14/h1-6,9-10H,7-8,11H2,(H,19,21,22). The molecule has 26 heavy (non-hydrogen) atoms. The van der Waals surface area contributed by atoms with Crippen molar-refractivity contribution in [1.29, 1.82) is 0 Å². The van der Waals surface area contributed by atoms with Crippen LogP contribution >= 0.6 is 11.3 Å². The maximum atomic E-state index is 11.9. The molecule has 1 aliphatic heterocycles. The average Bonchev–Trinajstić information content (AvgIpc) is 3.32. The first-order valence-electron chi connectivity index (χ1n) is 8.00. The highest BCUT2D eigenvalue weighted by Crippen LogP contribution is 2.31. The molecule has 3 aromatic rings. The molecule has 0 fully saturated rings. The van der Waals surface area contributed by atoms with Crippen molar-refractivity contribution >= 4 is 29.3 Å². The summed E-state index contributed by atoms with van der Waals surface area (Å²) in [7, 11) is 0. The zero-order valence-corrected chi connectivity index (χ0v) is 14.5. The van der Waals surface area contributed by atoms with E-state index in [-0.39, 0.29) is 11.9 Å². The van der Waals surface area contributed by atoms with E-state index >= 15 is 0 Å². The average molecular weight is 369 g/mol. The first-order chi connectivity index (χ1) is 12.8. The zero-order valence-electron chi connectivity index (χ0n) is 13.7. The number of amides is 1. The number of aromatic nitrogens is 2. The molecule has 2 aromatic heterocycles. The summed E-state index contributed by atoms with van der Waals surface area (Å²) in [6.07, 6.45) is 3.59. The number of hydrogen-bond acceptors (Lipinski definition) is 7. The first-order valence-corrected chi connectivity index (χ1v) is 8.88. The summed E-state index contributed by atoms with van der Waals surface area (Å²) in [6.45, 7) is 1.09. The summed E-state index contributed by atoms with van der Waals surface area (Å²) in [5.41, 5.74) is 0.952. The van der Waals surface area contributed by atoms with Crippen LogP contribution in [0, 0.1) is 0 Å². The number of rotatable bonds is 5. The highest BCUT2D eigenvalue weighted by molar-refractivity contribution is 7.10. The number of carbonyl (C=O) groups excluding carboxylic acids is 1. The zero-order chi connectivity index (χ0) is 17.8. The van der Waals surface area contributed by atoms with Crippen molar-refractivity contribution in [3.63, 3.8) is 0 Å². The van der Waals surface area contributed by atoms with E-state index in [1.54, 1.807) is 17.4 Å². The molecule has 1 aromatic carbocycles. The molecule has 3 heterocycles. The van der Waals surface area contributed by atoms with Crippen LogP contribution in [0.5, 0.6) is 11.5 Å². The molecular weight excluding hydrogens is 354 g/mol. The molecule has 0 saturated heterocycles. The largest absolute Gasteiger partial charge is 0.486 e. The number of hydrogen-bond donors (Lipinski definition) is 1. The van der Waals surface area contributed by atoms with E-state index in [2.05, 4.69) is 15.5 Å². The van der Waals surface area contributed by atoms with E-state index in [1.165, 1.54) is 6.08 Å². The van der Waals surface area contributed by atoms with Crippen LogP contribution in [0.15, 0.2) is 46.2 Å². The number of carbonyl (C=O) groups is 1. The van der Waals surface area contributed by atoms with Crippen molar-refractivity contribution < 1.29 is 18.7 Å². The summed E-state index contributed by atoms with van der Waals surface area (Å²) in [4.78, 5) is 12.9. The van der Waals surface area contributed by atoms with Gasteiger partial charge in [0.2, 0.25) is 5.89 Å². The number of anilines is 1. The maximum absolute atomic E-state index is 11.9. The van der Waals surface area contributed by atoms with Gasteiger partial charge in [0.05, 0.1) is 6.42 Å². The maximum Gasteiger partial charge on any atom is 0.322 e. The second kappa shape index (κ2) is 7.40. The van der Waals surface area contributed by atoms with Gasteiger partial charge in [-0.3, -0.25) is 10.1 Å². The third kappa shape index (κ3) is 3.92. The molecule has 0 bridgehead atoms. The Kier molecular flexibility index (Phi) is 4.65. The molecule has 4 rings (SSSR count). The normalized spacial score (nSPS) is 13.1. The predicted octanol–water partition coefficient (Wildman–Crippen LogP) is 3.15. The summed E-state index contributed by atoms with van der Waals surface area (Å²) in [5.74, 6) is 1.52. The highest BCUT2D eigenvalue weighted by atomic mass is 32.1. The van der Waals surface area contributed by atoms with Gasteiger partial charge in [0.15, 0.2) is 11.5 Å². The number of ether oxygens (including phenoxy) is 2.